The monoisotopic (exact) mass is 284 g/mol. The Bertz CT molecular complexity index is 608. The maximum absolute atomic E-state index is 12.1. The molecule has 1 unspecified atom stereocenters. The number of carbonyl (C=O) groups excluding carboxylic acids is 1. The van der Waals surface area contributed by atoms with Crippen molar-refractivity contribution < 1.29 is 4.79 Å². The normalized spacial score (nSPS) is 17.9. The van der Waals surface area contributed by atoms with Crippen LogP contribution in [0.4, 0.5) is 5.69 Å². The third-order valence-electron chi connectivity index (χ3n) is 3.97. The summed E-state index contributed by atoms with van der Waals surface area (Å²) in [5.41, 5.74) is 2.23. The number of benzene rings is 1. The molecule has 1 aliphatic rings. The third-order valence-corrected chi connectivity index (χ3v) is 3.97. The number of rotatable bonds is 5. The summed E-state index contributed by atoms with van der Waals surface area (Å²) in [6.45, 7) is 1.82. The number of para-hydroxylation sites is 1. The lowest BCUT2D eigenvalue weighted by molar-refractivity contribution is -0.119. The van der Waals surface area contributed by atoms with Gasteiger partial charge in [0.25, 0.3) is 0 Å². The summed E-state index contributed by atoms with van der Waals surface area (Å²) in [6.07, 6.45) is 7.12. The summed E-state index contributed by atoms with van der Waals surface area (Å²) in [5, 5.41) is 3.51. The number of aryl methyl sites for hydroxylation is 1. The van der Waals surface area contributed by atoms with Crippen LogP contribution in [0, 0.1) is 0 Å². The van der Waals surface area contributed by atoms with Crippen LogP contribution in [-0.2, 0) is 11.3 Å². The van der Waals surface area contributed by atoms with Gasteiger partial charge in [0.2, 0.25) is 5.91 Å². The Hall–Kier alpha value is -2.14. The van der Waals surface area contributed by atoms with Crippen molar-refractivity contribution in [3.05, 3.63) is 48.5 Å². The van der Waals surface area contributed by atoms with Gasteiger partial charge in [0, 0.05) is 44.1 Å². The predicted molar refractivity (Wildman–Crippen MR) is 82.1 cm³/mol. The first-order chi connectivity index (χ1) is 10.3. The number of hydrogen-bond donors (Lipinski definition) is 1. The Morgan fingerprint density at radius 1 is 1.38 bits per heavy atom. The third kappa shape index (κ3) is 2.97. The van der Waals surface area contributed by atoms with E-state index in [1.165, 1.54) is 5.56 Å². The highest BCUT2D eigenvalue weighted by Crippen LogP contribution is 2.33. The van der Waals surface area contributed by atoms with Crippen molar-refractivity contribution in [2.75, 3.05) is 18.5 Å². The van der Waals surface area contributed by atoms with Gasteiger partial charge in [-0.1, -0.05) is 18.2 Å². The molecule has 2 aromatic rings. The van der Waals surface area contributed by atoms with Crippen LogP contribution in [0.25, 0.3) is 0 Å². The van der Waals surface area contributed by atoms with Crippen LogP contribution >= 0.6 is 0 Å². The second-order valence-electron chi connectivity index (χ2n) is 5.38. The molecule has 110 valence electrons. The van der Waals surface area contributed by atoms with Crippen molar-refractivity contribution >= 4 is 11.6 Å². The van der Waals surface area contributed by atoms with Gasteiger partial charge in [-0.2, -0.15) is 0 Å². The van der Waals surface area contributed by atoms with Crippen LogP contribution in [0.3, 0.4) is 0 Å². The molecule has 0 aliphatic carbocycles. The summed E-state index contributed by atoms with van der Waals surface area (Å²) >= 11 is 0. The zero-order valence-electron chi connectivity index (χ0n) is 12.2. The highest BCUT2D eigenvalue weighted by molar-refractivity contribution is 5.96. The molecular weight excluding hydrogens is 264 g/mol. The second kappa shape index (κ2) is 6.10. The van der Waals surface area contributed by atoms with Gasteiger partial charge in [-0.05, 0) is 24.6 Å². The van der Waals surface area contributed by atoms with Gasteiger partial charge in [0.05, 0.1) is 6.33 Å². The number of nitrogens with one attached hydrogen (secondary N) is 1. The van der Waals surface area contributed by atoms with Crippen molar-refractivity contribution in [2.45, 2.75) is 25.4 Å². The summed E-state index contributed by atoms with van der Waals surface area (Å²) in [6, 6.07) is 8.23. The van der Waals surface area contributed by atoms with Crippen LogP contribution in [0.5, 0.6) is 0 Å². The van der Waals surface area contributed by atoms with Gasteiger partial charge < -0.3 is 14.8 Å². The lowest BCUT2D eigenvalue weighted by Gasteiger charge is -2.32. The summed E-state index contributed by atoms with van der Waals surface area (Å²) in [5.74, 6) is 0.167. The Labute approximate surface area is 124 Å². The first kappa shape index (κ1) is 13.8. The standard InChI is InChI=1S/C16H20N4O/c1-19-15-6-3-2-5-13(15)14(11-16(19)21)18-7-4-9-20-10-8-17-12-20/h2-3,5-6,8,10,12,14,18H,4,7,9,11H2,1H3. The van der Waals surface area contributed by atoms with Gasteiger partial charge in [-0.3, -0.25) is 4.79 Å². The minimum absolute atomic E-state index is 0.118. The van der Waals surface area contributed by atoms with E-state index in [2.05, 4.69) is 20.9 Å². The van der Waals surface area contributed by atoms with Gasteiger partial charge >= 0.3 is 0 Å². The molecule has 1 aromatic carbocycles. The number of nitrogens with zero attached hydrogens (tertiary/aromatic N) is 3. The highest BCUT2D eigenvalue weighted by atomic mass is 16.2. The summed E-state index contributed by atoms with van der Waals surface area (Å²) in [4.78, 5) is 17.8. The van der Waals surface area contributed by atoms with Gasteiger partial charge in [-0.25, -0.2) is 4.98 Å². The van der Waals surface area contributed by atoms with Crippen LogP contribution < -0.4 is 10.2 Å². The quantitative estimate of drug-likeness (QED) is 0.854. The fraction of sp³-hybridized carbons (Fsp3) is 0.375. The van der Waals surface area contributed by atoms with Crippen LogP contribution in [0.2, 0.25) is 0 Å². The molecule has 3 rings (SSSR count). The van der Waals surface area contributed by atoms with Crippen LogP contribution in [0.1, 0.15) is 24.4 Å². The molecule has 0 bridgehead atoms. The van der Waals surface area contributed by atoms with Crippen molar-refractivity contribution in [1.29, 1.82) is 0 Å². The first-order valence-corrected chi connectivity index (χ1v) is 7.30. The van der Waals surface area contributed by atoms with Gasteiger partial charge in [-0.15, -0.1) is 0 Å². The van der Waals surface area contributed by atoms with Crippen molar-refractivity contribution in [3.8, 4) is 0 Å². The van der Waals surface area contributed by atoms with Crippen molar-refractivity contribution in [2.24, 2.45) is 0 Å². The van der Waals surface area contributed by atoms with E-state index in [0.29, 0.717) is 6.42 Å². The molecule has 1 N–H and O–H groups in total. The average molecular weight is 284 g/mol. The molecule has 21 heavy (non-hydrogen) atoms. The van der Waals surface area contributed by atoms with Crippen LogP contribution in [-0.4, -0.2) is 29.1 Å². The fourth-order valence-corrected chi connectivity index (χ4v) is 2.78. The summed E-state index contributed by atoms with van der Waals surface area (Å²) < 4.78 is 2.06. The zero-order valence-corrected chi connectivity index (χ0v) is 12.2. The first-order valence-electron chi connectivity index (χ1n) is 7.30. The van der Waals surface area contributed by atoms with E-state index in [1.54, 1.807) is 11.1 Å². The Morgan fingerprint density at radius 3 is 3.05 bits per heavy atom. The van der Waals surface area contributed by atoms with Gasteiger partial charge in [0.1, 0.15) is 0 Å². The highest BCUT2D eigenvalue weighted by Gasteiger charge is 2.28. The van der Waals surface area contributed by atoms with E-state index in [0.717, 1.165) is 25.2 Å². The molecule has 0 saturated carbocycles. The number of fused-ring (bicyclic) bond motifs is 1. The van der Waals surface area contributed by atoms with E-state index < -0.39 is 0 Å². The minimum Gasteiger partial charge on any atom is -0.337 e. The SMILES string of the molecule is CN1C(=O)CC(NCCCn2ccnc2)c2ccccc21. The maximum atomic E-state index is 12.1. The largest absolute Gasteiger partial charge is 0.337 e. The number of amides is 1. The van der Waals surface area contributed by atoms with Crippen LogP contribution in [0.15, 0.2) is 43.0 Å². The number of anilines is 1. The summed E-state index contributed by atoms with van der Waals surface area (Å²) in [7, 11) is 1.84. The molecule has 5 heteroatoms. The molecule has 2 heterocycles. The van der Waals surface area contributed by atoms with E-state index in [-0.39, 0.29) is 11.9 Å². The topological polar surface area (TPSA) is 50.2 Å². The molecule has 0 fully saturated rings. The van der Waals surface area contributed by atoms with Gasteiger partial charge in [0.15, 0.2) is 0 Å². The molecule has 0 radical (unpaired) electrons. The van der Waals surface area contributed by atoms with E-state index in [1.807, 2.05) is 37.8 Å². The Balaban J connectivity index is 1.60. The Kier molecular flexibility index (Phi) is 4.01. The Morgan fingerprint density at radius 2 is 2.24 bits per heavy atom. The molecular formula is C16H20N4O. The molecule has 5 nitrogen and oxygen atoms in total. The fourth-order valence-electron chi connectivity index (χ4n) is 2.78. The van der Waals surface area contributed by atoms with Crippen molar-refractivity contribution in [3.63, 3.8) is 0 Å². The molecule has 0 spiro atoms. The molecule has 1 atom stereocenters. The molecule has 0 saturated heterocycles. The lowest BCUT2D eigenvalue weighted by Crippen LogP contribution is -2.38. The predicted octanol–water partition coefficient (Wildman–Crippen LogP) is 1.97. The molecule has 1 aromatic heterocycles. The smallest absolute Gasteiger partial charge is 0.228 e. The van der Waals surface area contributed by atoms with E-state index >= 15 is 0 Å². The van der Waals surface area contributed by atoms with E-state index in [4.69, 9.17) is 0 Å². The van der Waals surface area contributed by atoms with E-state index in [9.17, 15) is 4.79 Å². The lowest BCUT2D eigenvalue weighted by atomic mass is 9.96. The molecule has 1 amide bonds. The molecule has 1 aliphatic heterocycles. The minimum atomic E-state index is 0.118. The van der Waals surface area contributed by atoms with Crippen molar-refractivity contribution in [1.82, 2.24) is 14.9 Å². The number of hydrogen-bond acceptors (Lipinski definition) is 3. The second-order valence-corrected chi connectivity index (χ2v) is 5.38. The number of aromatic nitrogens is 2. The number of imidazole rings is 1. The maximum Gasteiger partial charge on any atom is 0.228 e. The zero-order chi connectivity index (χ0) is 14.7. The average Bonchev–Trinajstić information content (AvgIpc) is 3.02. The number of carbonyl (C=O) groups is 1.